The Morgan fingerprint density at radius 1 is 1.50 bits per heavy atom. The van der Waals surface area contributed by atoms with Crippen LogP contribution in [0.15, 0.2) is 0 Å². The van der Waals surface area contributed by atoms with Crippen LogP contribution < -0.4 is 5.32 Å². The number of likely N-dealkylation sites (tertiary alicyclic amines) is 1. The van der Waals surface area contributed by atoms with Gasteiger partial charge in [-0.25, -0.2) is 0 Å². The van der Waals surface area contributed by atoms with Crippen LogP contribution in [0.2, 0.25) is 0 Å². The molecule has 0 spiro atoms. The summed E-state index contributed by atoms with van der Waals surface area (Å²) >= 11 is 0. The van der Waals surface area contributed by atoms with Crippen molar-refractivity contribution in [3.8, 4) is 0 Å². The zero-order valence-corrected chi connectivity index (χ0v) is 6.99. The normalized spacial score (nSPS) is 30.4. The maximum atomic E-state index is 11.5. The molecule has 0 aromatic heterocycles. The molecule has 2 aliphatic heterocycles. The highest BCUT2D eigenvalue weighted by atomic mass is 16.3. The first kappa shape index (κ1) is 8.01. The Hall–Kier alpha value is -0.610. The van der Waals surface area contributed by atoms with Crippen molar-refractivity contribution < 1.29 is 9.90 Å². The summed E-state index contributed by atoms with van der Waals surface area (Å²) in [6.07, 6.45) is 0.675. The number of rotatable bonds is 1. The van der Waals surface area contributed by atoms with Gasteiger partial charge in [0.1, 0.15) is 0 Å². The van der Waals surface area contributed by atoms with Gasteiger partial charge in [-0.1, -0.05) is 0 Å². The van der Waals surface area contributed by atoms with Crippen LogP contribution in [0.25, 0.3) is 0 Å². The molecule has 0 aliphatic carbocycles. The van der Waals surface area contributed by atoms with Gasteiger partial charge in [0.15, 0.2) is 0 Å². The Morgan fingerprint density at radius 2 is 2.25 bits per heavy atom. The largest absolute Gasteiger partial charge is 0.389 e. The zero-order valence-electron chi connectivity index (χ0n) is 6.99. The molecule has 4 heteroatoms. The Morgan fingerprint density at radius 3 is 2.75 bits per heavy atom. The lowest BCUT2D eigenvalue weighted by atomic mass is 10.0. The van der Waals surface area contributed by atoms with Crippen LogP contribution in [0, 0.1) is 5.92 Å². The van der Waals surface area contributed by atoms with Crippen molar-refractivity contribution in [1.29, 1.82) is 0 Å². The molecule has 2 N–H and O–H groups in total. The molecular formula is C8H14N2O2. The maximum Gasteiger partial charge on any atom is 0.227 e. The predicted octanol–water partition coefficient (Wildman–Crippen LogP) is -1.20. The van der Waals surface area contributed by atoms with E-state index in [1.165, 1.54) is 0 Å². The smallest absolute Gasteiger partial charge is 0.227 e. The van der Waals surface area contributed by atoms with Crippen LogP contribution in [-0.2, 0) is 4.79 Å². The molecule has 2 saturated heterocycles. The van der Waals surface area contributed by atoms with Crippen LogP contribution >= 0.6 is 0 Å². The van der Waals surface area contributed by atoms with Crippen molar-refractivity contribution in [2.75, 3.05) is 26.2 Å². The summed E-state index contributed by atoms with van der Waals surface area (Å²) in [5.74, 6) is 0.378. The highest BCUT2D eigenvalue weighted by molar-refractivity contribution is 5.80. The van der Waals surface area contributed by atoms with Crippen molar-refractivity contribution in [2.24, 2.45) is 5.92 Å². The number of carbonyl (C=O) groups excluding carboxylic acids is 1. The van der Waals surface area contributed by atoms with E-state index >= 15 is 0 Å². The quantitative estimate of drug-likeness (QED) is 0.519. The monoisotopic (exact) mass is 170 g/mol. The van der Waals surface area contributed by atoms with E-state index in [1.807, 2.05) is 0 Å². The van der Waals surface area contributed by atoms with Gasteiger partial charge < -0.3 is 15.3 Å². The van der Waals surface area contributed by atoms with E-state index in [4.69, 9.17) is 5.11 Å². The standard InChI is InChI=1S/C8H14N2O2/c11-7-4-10(5-7)8(12)6-1-2-9-3-6/h6-7,9,11H,1-5H2. The van der Waals surface area contributed by atoms with Crippen molar-refractivity contribution in [2.45, 2.75) is 12.5 Å². The summed E-state index contributed by atoms with van der Waals surface area (Å²) in [7, 11) is 0. The second-order valence-electron chi connectivity index (χ2n) is 3.59. The zero-order chi connectivity index (χ0) is 8.55. The summed E-state index contributed by atoms with van der Waals surface area (Å²) < 4.78 is 0. The van der Waals surface area contributed by atoms with Crippen LogP contribution in [-0.4, -0.2) is 48.2 Å². The minimum atomic E-state index is -0.275. The summed E-state index contributed by atoms with van der Waals surface area (Å²) in [5.41, 5.74) is 0. The first-order chi connectivity index (χ1) is 5.77. The van der Waals surface area contributed by atoms with E-state index in [-0.39, 0.29) is 17.9 Å². The molecule has 68 valence electrons. The third-order valence-corrected chi connectivity index (χ3v) is 2.58. The van der Waals surface area contributed by atoms with Crippen LogP contribution in [0.3, 0.4) is 0 Å². The molecule has 4 nitrogen and oxygen atoms in total. The van der Waals surface area contributed by atoms with E-state index in [1.54, 1.807) is 4.90 Å². The minimum absolute atomic E-state index is 0.164. The lowest BCUT2D eigenvalue weighted by Gasteiger charge is -2.37. The average molecular weight is 170 g/mol. The van der Waals surface area contributed by atoms with E-state index in [2.05, 4.69) is 5.32 Å². The molecular weight excluding hydrogens is 156 g/mol. The van der Waals surface area contributed by atoms with Crippen molar-refractivity contribution >= 4 is 5.91 Å². The van der Waals surface area contributed by atoms with Gasteiger partial charge in [-0.05, 0) is 13.0 Å². The van der Waals surface area contributed by atoms with Gasteiger partial charge in [0.25, 0.3) is 0 Å². The number of aliphatic hydroxyl groups excluding tert-OH is 1. The van der Waals surface area contributed by atoms with Crippen LogP contribution in [0.5, 0.6) is 0 Å². The Labute approximate surface area is 71.5 Å². The number of carbonyl (C=O) groups is 1. The molecule has 2 heterocycles. The molecule has 0 saturated carbocycles. The fraction of sp³-hybridized carbons (Fsp3) is 0.875. The maximum absolute atomic E-state index is 11.5. The number of nitrogens with zero attached hydrogens (tertiary/aromatic N) is 1. The van der Waals surface area contributed by atoms with Crippen molar-refractivity contribution in [3.05, 3.63) is 0 Å². The fourth-order valence-corrected chi connectivity index (χ4v) is 1.76. The molecule has 1 atom stereocenters. The SMILES string of the molecule is O=C(C1CCNC1)N1CC(O)C1. The van der Waals surface area contributed by atoms with Crippen molar-refractivity contribution in [1.82, 2.24) is 10.2 Å². The summed E-state index contributed by atoms with van der Waals surface area (Å²) in [4.78, 5) is 13.3. The van der Waals surface area contributed by atoms with Gasteiger partial charge in [-0.15, -0.1) is 0 Å². The third-order valence-electron chi connectivity index (χ3n) is 2.58. The summed E-state index contributed by atoms with van der Waals surface area (Å²) in [6.45, 7) is 2.84. The molecule has 12 heavy (non-hydrogen) atoms. The van der Waals surface area contributed by atoms with E-state index in [0.717, 1.165) is 19.5 Å². The second-order valence-corrected chi connectivity index (χ2v) is 3.59. The van der Waals surface area contributed by atoms with Gasteiger partial charge in [0, 0.05) is 19.6 Å². The molecule has 0 bridgehead atoms. The highest BCUT2D eigenvalue weighted by Crippen LogP contribution is 2.16. The number of amides is 1. The van der Waals surface area contributed by atoms with E-state index < -0.39 is 0 Å². The number of hydrogen-bond acceptors (Lipinski definition) is 3. The van der Waals surface area contributed by atoms with Gasteiger partial charge in [0.05, 0.1) is 12.0 Å². The number of aliphatic hydroxyl groups is 1. The molecule has 2 rings (SSSR count). The van der Waals surface area contributed by atoms with Gasteiger partial charge in [0.2, 0.25) is 5.91 Å². The second kappa shape index (κ2) is 3.03. The van der Waals surface area contributed by atoms with Crippen LogP contribution in [0.1, 0.15) is 6.42 Å². The lowest BCUT2D eigenvalue weighted by molar-refractivity contribution is -0.145. The topological polar surface area (TPSA) is 52.6 Å². The fourth-order valence-electron chi connectivity index (χ4n) is 1.76. The average Bonchev–Trinajstić information content (AvgIpc) is 2.49. The molecule has 1 amide bonds. The minimum Gasteiger partial charge on any atom is -0.389 e. The van der Waals surface area contributed by atoms with E-state index in [0.29, 0.717) is 13.1 Å². The van der Waals surface area contributed by atoms with Gasteiger partial charge in [-0.3, -0.25) is 4.79 Å². The first-order valence-electron chi connectivity index (χ1n) is 4.45. The highest BCUT2D eigenvalue weighted by Gasteiger charge is 2.34. The first-order valence-corrected chi connectivity index (χ1v) is 4.45. The lowest BCUT2D eigenvalue weighted by Crippen LogP contribution is -2.55. The van der Waals surface area contributed by atoms with Crippen molar-refractivity contribution in [3.63, 3.8) is 0 Å². The predicted molar refractivity (Wildman–Crippen MR) is 43.6 cm³/mol. The molecule has 1 unspecified atom stereocenters. The van der Waals surface area contributed by atoms with Gasteiger partial charge >= 0.3 is 0 Å². The molecule has 2 fully saturated rings. The number of β-amino-alcohol motifs (C(OH)–C–C–N with tert-alkyl or cyclic N) is 1. The third kappa shape index (κ3) is 1.32. The van der Waals surface area contributed by atoms with E-state index in [9.17, 15) is 4.79 Å². The van der Waals surface area contributed by atoms with Gasteiger partial charge in [-0.2, -0.15) is 0 Å². The molecule has 2 aliphatic rings. The Kier molecular flexibility index (Phi) is 2.02. The summed E-state index contributed by atoms with van der Waals surface area (Å²) in [5, 5.41) is 12.2. The number of hydrogen-bond donors (Lipinski definition) is 2. The molecule has 0 aromatic carbocycles. The Balaban J connectivity index is 1.83. The Bertz CT molecular complexity index is 183. The molecule has 0 radical (unpaired) electrons. The van der Waals surface area contributed by atoms with Crippen LogP contribution in [0.4, 0.5) is 0 Å². The number of nitrogens with one attached hydrogen (secondary N) is 1. The summed E-state index contributed by atoms with van der Waals surface area (Å²) in [6, 6.07) is 0. The molecule has 0 aromatic rings.